The second-order valence-corrected chi connectivity index (χ2v) is 5.49. The Morgan fingerprint density at radius 1 is 0.929 bits per heavy atom. The molecule has 0 aliphatic heterocycles. The van der Waals surface area contributed by atoms with Crippen LogP contribution in [0.3, 0.4) is 0 Å². The standard InChI is InChI=1S/C13H22O/c1-9-6-7-12(8-10(9)2)13(14)11-4-3-5-11/h9-12H,3-8H2,1-2H3. The predicted octanol–water partition coefficient (Wildman–Crippen LogP) is 3.43. The van der Waals surface area contributed by atoms with Gasteiger partial charge in [0.15, 0.2) is 0 Å². The van der Waals surface area contributed by atoms with Crippen LogP contribution in [0, 0.1) is 23.7 Å². The first-order valence-corrected chi connectivity index (χ1v) is 6.22. The van der Waals surface area contributed by atoms with Crippen molar-refractivity contribution in [2.24, 2.45) is 23.7 Å². The average molecular weight is 194 g/mol. The fourth-order valence-electron chi connectivity index (χ4n) is 2.83. The molecule has 0 bridgehead atoms. The lowest BCUT2D eigenvalue weighted by molar-refractivity contribution is -0.131. The van der Waals surface area contributed by atoms with Crippen molar-refractivity contribution in [1.29, 1.82) is 0 Å². The van der Waals surface area contributed by atoms with Gasteiger partial charge in [-0.15, -0.1) is 0 Å². The van der Waals surface area contributed by atoms with Crippen LogP contribution in [0.5, 0.6) is 0 Å². The number of ketones is 1. The van der Waals surface area contributed by atoms with E-state index in [0.29, 0.717) is 17.6 Å². The zero-order valence-electron chi connectivity index (χ0n) is 9.46. The van der Waals surface area contributed by atoms with Gasteiger partial charge in [-0.05, 0) is 43.9 Å². The van der Waals surface area contributed by atoms with Crippen molar-refractivity contribution in [1.82, 2.24) is 0 Å². The van der Waals surface area contributed by atoms with Crippen LogP contribution >= 0.6 is 0 Å². The summed E-state index contributed by atoms with van der Waals surface area (Å²) in [5.74, 6) is 3.08. The summed E-state index contributed by atoms with van der Waals surface area (Å²) in [7, 11) is 0. The highest BCUT2D eigenvalue weighted by molar-refractivity contribution is 5.84. The smallest absolute Gasteiger partial charge is 0.139 e. The van der Waals surface area contributed by atoms with Gasteiger partial charge in [-0.3, -0.25) is 4.79 Å². The van der Waals surface area contributed by atoms with Crippen molar-refractivity contribution in [2.45, 2.75) is 52.4 Å². The maximum absolute atomic E-state index is 12.0. The molecule has 0 heterocycles. The largest absolute Gasteiger partial charge is 0.299 e. The van der Waals surface area contributed by atoms with Crippen LogP contribution in [0.25, 0.3) is 0 Å². The molecule has 0 aromatic heterocycles. The van der Waals surface area contributed by atoms with Gasteiger partial charge in [0.25, 0.3) is 0 Å². The summed E-state index contributed by atoms with van der Waals surface area (Å²) in [5.41, 5.74) is 0. The van der Waals surface area contributed by atoms with Gasteiger partial charge < -0.3 is 0 Å². The Balaban J connectivity index is 1.88. The molecule has 2 fully saturated rings. The van der Waals surface area contributed by atoms with Crippen LogP contribution in [-0.4, -0.2) is 5.78 Å². The minimum absolute atomic E-state index is 0.423. The number of hydrogen-bond acceptors (Lipinski definition) is 1. The van der Waals surface area contributed by atoms with Gasteiger partial charge in [0.1, 0.15) is 5.78 Å². The SMILES string of the molecule is CC1CCC(C(=O)C2CCC2)CC1C. The molecule has 3 unspecified atom stereocenters. The minimum atomic E-state index is 0.423. The van der Waals surface area contributed by atoms with Crippen molar-refractivity contribution < 1.29 is 4.79 Å². The zero-order valence-corrected chi connectivity index (χ0v) is 9.46. The molecular weight excluding hydrogens is 172 g/mol. The number of hydrogen-bond donors (Lipinski definition) is 0. The van der Waals surface area contributed by atoms with E-state index in [1.165, 1.54) is 32.1 Å². The van der Waals surface area contributed by atoms with Gasteiger partial charge in [0, 0.05) is 11.8 Å². The van der Waals surface area contributed by atoms with Gasteiger partial charge in [0.05, 0.1) is 0 Å². The molecule has 0 N–H and O–H groups in total. The second-order valence-electron chi connectivity index (χ2n) is 5.49. The van der Waals surface area contributed by atoms with E-state index < -0.39 is 0 Å². The third-order valence-electron chi connectivity index (χ3n) is 4.51. The third-order valence-corrected chi connectivity index (χ3v) is 4.51. The average Bonchev–Trinajstić information content (AvgIpc) is 2.06. The molecule has 80 valence electrons. The molecular formula is C13H22O. The number of Topliss-reactive ketones (excluding diaryl/α,β-unsaturated/α-hetero) is 1. The first kappa shape index (κ1) is 10.2. The molecule has 2 aliphatic rings. The Kier molecular flexibility index (Phi) is 2.94. The Morgan fingerprint density at radius 3 is 2.14 bits per heavy atom. The fraction of sp³-hybridized carbons (Fsp3) is 0.923. The normalized spacial score (nSPS) is 39.1. The van der Waals surface area contributed by atoms with Crippen LogP contribution in [0.4, 0.5) is 0 Å². The molecule has 0 saturated heterocycles. The Labute approximate surface area is 87.3 Å². The molecule has 0 spiro atoms. The highest BCUT2D eigenvalue weighted by atomic mass is 16.1. The lowest BCUT2D eigenvalue weighted by Gasteiger charge is -2.35. The van der Waals surface area contributed by atoms with Crippen molar-refractivity contribution in [3.63, 3.8) is 0 Å². The summed E-state index contributed by atoms with van der Waals surface area (Å²) in [4.78, 5) is 12.0. The molecule has 0 amide bonds. The molecule has 0 aromatic rings. The van der Waals surface area contributed by atoms with Crippen LogP contribution in [0.1, 0.15) is 52.4 Å². The Hall–Kier alpha value is -0.330. The summed E-state index contributed by atoms with van der Waals surface area (Å²) in [5, 5.41) is 0. The zero-order chi connectivity index (χ0) is 10.1. The van der Waals surface area contributed by atoms with Crippen molar-refractivity contribution in [3.8, 4) is 0 Å². The molecule has 2 aliphatic carbocycles. The lowest BCUT2D eigenvalue weighted by Crippen LogP contribution is -2.33. The van der Waals surface area contributed by atoms with Gasteiger partial charge >= 0.3 is 0 Å². The van der Waals surface area contributed by atoms with E-state index in [4.69, 9.17) is 0 Å². The van der Waals surface area contributed by atoms with E-state index in [9.17, 15) is 4.79 Å². The maximum atomic E-state index is 12.0. The molecule has 2 rings (SSSR count). The topological polar surface area (TPSA) is 17.1 Å². The van der Waals surface area contributed by atoms with E-state index in [1.807, 2.05) is 0 Å². The summed E-state index contributed by atoms with van der Waals surface area (Å²) < 4.78 is 0. The summed E-state index contributed by atoms with van der Waals surface area (Å²) in [6, 6.07) is 0. The second kappa shape index (κ2) is 4.04. The van der Waals surface area contributed by atoms with Crippen molar-refractivity contribution in [2.75, 3.05) is 0 Å². The lowest BCUT2D eigenvalue weighted by atomic mass is 9.69. The van der Waals surface area contributed by atoms with Crippen LogP contribution < -0.4 is 0 Å². The van der Waals surface area contributed by atoms with Gasteiger partial charge in [-0.1, -0.05) is 20.3 Å². The number of rotatable bonds is 2. The molecule has 2 saturated carbocycles. The monoisotopic (exact) mass is 194 g/mol. The minimum Gasteiger partial charge on any atom is -0.299 e. The molecule has 0 radical (unpaired) electrons. The maximum Gasteiger partial charge on any atom is 0.139 e. The first-order valence-electron chi connectivity index (χ1n) is 6.22. The molecule has 1 nitrogen and oxygen atoms in total. The van der Waals surface area contributed by atoms with Gasteiger partial charge in [-0.25, -0.2) is 0 Å². The summed E-state index contributed by atoms with van der Waals surface area (Å²) >= 11 is 0. The van der Waals surface area contributed by atoms with Gasteiger partial charge in [0.2, 0.25) is 0 Å². The third kappa shape index (κ3) is 1.87. The van der Waals surface area contributed by atoms with E-state index >= 15 is 0 Å². The van der Waals surface area contributed by atoms with Crippen LogP contribution in [0.15, 0.2) is 0 Å². The first-order chi connectivity index (χ1) is 6.68. The van der Waals surface area contributed by atoms with E-state index in [-0.39, 0.29) is 0 Å². The number of carbonyl (C=O) groups excluding carboxylic acids is 1. The molecule has 1 heteroatoms. The van der Waals surface area contributed by atoms with Gasteiger partial charge in [-0.2, -0.15) is 0 Å². The van der Waals surface area contributed by atoms with E-state index in [0.717, 1.165) is 18.3 Å². The van der Waals surface area contributed by atoms with E-state index in [1.54, 1.807) is 0 Å². The Bertz CT molecular complexity index is 217. The summed E-state index contributed by atoms with van der Waals surface area (Å²) in [6.07, 6.45) is 7.25. The summed E-state index contributed by atoms with van der Waals surface area (Å²) in [6.45, 7) is 4.64. The van der Waals surface area contributed by atoms with Crippen LogP contribution in [0.2, 0.25) is 0 Å². The predicted molar refractivity (Wildman–Crippen MR) is 58.0 cm³/mol. The highest BCUT2D eigenvalue weighted by Gasteiger charge is 2.34. The van der Waals surface area contributed by atoms with Crippen molar-refractivity contribution in [3.05, 3.63) is 0 Å². The highest BCUT2D eigenvalue weighted by Crippen LogP contribution is 2.38. The molecule has 0 aromatic carbocycles. The number of carbonyl (C=O) groups is 1. The molecule has 3 atom stereocenters. The van der Waals surface area contributed by atoms with E-state index in [2.05, 4.69) is 13.8 Å². The Morgan fingerprint density at radius 2 is 1.64 bits per heavy atom. The van der Waals surface area contributed by atoms with Crippen molar-refractivity contribution >= 4 is 5.78 Å². The van der Waals surface area contributed by atoms with Crippen LogP contribution in [-0.2, 0) is 4.79 Å². The molecule has 14 heavy (non-hydrogen) atoms. The quantitative estimate of drug-likeness (QED) is 0.658. The fourth-order valence-corrected chi connectivity index (χ4v) is 2.83.